The first-order valence-corrected chi connectivity index (χ1v) is 10.6. The van der Waals surface area contributed by atoms with E-state index in [1.54, 1.807) is 30.5 Å². The van der Waals surface area contributed by atoms with Gasteiger partial charge < -0.3 is 9.47 Å². The number of benzene rings is 1. The minimum absolute atomic E-state index is 0.206. The number of hydrogen-bond acceptors (Lipinski definition) is 5. The van der Waals surface area contributed by atoms with E-state index in [0.717, 1.165) is 10.0 Å². The van der Waals surface area contributed by atoms with Crippen molar-refractivity contribution >= 4 is 26.0 Å². The van der Waals surface area contributed by atoms with Crippen molar-refractivity contribution in [3.63, 3.8) is 0 Å². The van der Waals surface area contributed by atoms with E-state index in [2.05, 4.69) is 20.9 Å². The second-order valence-corrected chi connectivity index (χ2v) is 8.92. The largest absolute Gasteiger partial charge is 0.494 e. The van der Waals surface area contributed by atoms with Crippen molar-refractivity contribution in [1.29, 1.82) is 0 Å². The zero-order chi connectivity index (χ0) is 18.7. The van der Waals surface area contributed by atoms with E-state index in [1.165, 1.54) is 4.31 Å². The zero-order valence-corrected chi connectivity index (χ0v) is 17.1. The van der Waals surface area contributed by atoms with Gasteiger partial charge in [-0.2, -0.15) is 4.31 Å². The molecule has 0 aliphatic carbocycles. The molecule has 2 heterocycles. The van der Waals surface area contributed by atoms with E-state index in [0.29, 0.717) is 37.7 Å². The first-order chi connectivity index (χ1) is 12.4. The third-order valence-corrected chi connectivity index (χ3v) is 6.51. The summed E-state index contributed by atoms with van der Waals surface area (Å²) in [5.41, 5.74) is 0.805. The lowest BCUT2D eigenvalue weighted by molar-refractivity contribution is 0.207. The molecule has 8 heteroatoms. The maximum Gasteiger partial charge on any atom is 0.243 e. The second kappa shape index (κ2) is 7.94. The highest BCUT2D eigenvalue weighted by Gasteiger charge is 2.34. The molecule has 0 saturated carbocycles. The number of halogens is 1. The summed E-state index contributed by atoms with van der Waals surface area (Å²) in [5.74, 6) is 1.20. The second-order valence-electron chi connectivity index (χ2n) is 6.07. The van der Waals surface area contributed by atoms with Crippen molar-refractivity contribution < 1.29 is 17.9 Å². The van der Waals surface area contributed by atoms with Crippen molar-refractivity contribution in [3.8, 4) is 11.6 Å². The van der Waals surface area contributed by atoms with E-state index in [-0.39, 0.29) is 11.0 Å². The van der Waals surface area contributed by atoms with Crippen LogP contribution in [0.5, 0.6) is 11.6 Å². The lowest BCUT2D eigenvalue weighted by atomic mass is 10.2. The van der Waals surface area contributed by atoms with Crippen molar-refractivity contribution in [1.82, 2.24) is 9.29 Å². The summed E-state index contributed by atoms with van der Waals surface area (Å²) in [7, 11) is -3.55. The van der Waals surface area contributed by atoms with Gasteiger partial charge in [-0.3, -0.25) is 0 Å². The molecular formula is C18H21BrN2O4S. The molecule has 0 radical (unpaired) electrons. The Bertz CT molecular complexity index is 871. The molecule has 0 spiro atoms. The molecule has 0 N–H and O–H groups in total. The van der Waals surface area contributed by atoms with Crippen molar-refractivity contribution in [2.24, 2.45) is 0 Å². The Labute approximate surface area is 162 Å². The predicted octanol–water partition coefficient (Wildman–Crippen LogP) is 3.39. The Morgan fingerprint density at radius 2 is 2.12 bits per heavy atom. The molecule has 0 bridgehead atoms. The normalized spacial score (nSPS) is 18.0. The van der Waals surface area contributed by atoms with Crippen LogP contribution < -0.4 is 9.47 Å². The van der Waals surface area contributed by atoms with E-state index < -0.39 is 10.0 Å². The molecule has 1 atom stereocenters. The van der Waals surface area contributed by atoms with Crippen LogP contribution in [0.25, 0.3) is 0 Å². The summed E-state index contributed by atoms with van der Waals surface area (Å²) in [6, 6.07) is 8.57. The number of sulfonamides is 1. The average Bonchev–Trinajstić information content (AvgIpc) is 3.08. The maximum atomic E-state index is 12.9. The topological polar surface area (TPSA) is 68.7 Å². The summed E-state index contributed by atoms with van der Waals surface area (Å²) in [6.07, 6.45) is 2.08. The summed E-state index contributed by atoms with van der Waals surface area (Å²) in [4.78, 5) is 4.45. The fraction of sp³-hybridized carbons (Fsp3) is 0.389. The molecule has 1 aliphatic rings. The molecule has 1 aliphatic heterocycles. The summed E-state index contributed by atoms with van der Waals surface area (Å²) in [6.45, 7) is 5.03. The SMILES string of the molecule is CCOc1ccc(S(=O)(=O)N2CCC(Oc3ccc(Br)cn3)C2)cc1C. The van der Waals surface area contributed by atoms with Gasteiger partial charge in [0.2, 0.25) is 15.9 Å². The highest BCUT2D eigenvalue weighted by atomic mass is 79.9. The molecule has 1 saturated heterocycles. The highest BCUT2D eigenvalue weighted by molar-refractivity contribution is 9.10. The average molecular weight is 441 g/mol. The van der Waals surface area contributed by atoms with Gasteiger partial charge in [0.15, 0.2) is 0 Å². The molecule has 1 aromatic carbocycles. The molecular weight excluding hydrogens is 420 g/mol. The molecule has 0 amide bonds. The predicted molar refractivity (Wildman–Crippen MR) is 102 cm³/mol. The van der Waals surface area contributed by atoms with Crippen LogP contribution in [0, 0.1) is 6.92 Å². The van der Waals surface area contributed by atoms with E-state index in [1.807, 2.05) is 19.9 Å². The van der Waals surface area contributed by atoms with Crippen LogP contribution in [0.15, 0.2) is 45.9 Å². The standard InChI is InChI=1S/C18H21BrN2O4S/c1-3-24-17-6-5-16(10-13(17)2)26(22,23)21-9-8-15(12-21)25-18-7-4-14(19)11-20-18/h4-7,10-11,15H,3,8-9,12H2,1-2H3. The molecule has 6 nitrogen and oxygen atoms in total. The van der Waals surface area contributed by atoms with Crippen molar-refractivity contribution in [2.45, 2.75) is 31.3 Å². The first kappa shape index (κ1) is 19.1. The summed E-state index contributed by atoms with van der Waals surface area (Å²) >= 11 is 3.33. The molecule has 26 heavy (non-hydrogen) atoms. The van der Waals surface area contributed by atoms with E-state index >= 15 is 0 Å². The Kier molecular flexibility index (Phi) is 5.84. The molecule has 1 aromatic heterocycles. The minimum atomic E-state index is -3.55. The van der Waals surface area contributed by atoms with Crippen LogP contribution in [0.3, 0.4) is 0 Å². The fourth-order valence-electron chi connectivity index (χ4n) is 2.86. The molecule has 2 aromatic rings. The van der Waals surface area contributed by atoms with Gasteiger partial charge >= 0.3 is 0 Å². The monoisotopic (exact) mass is 440 g/mol. The van der Waals surface area contributed by atoms with Crippen molar-refractivity contribution in [2.75, 3.05) is 19.7 Å². The van der Waals surface area contributed by atoms with Crippen molar-refractivity contribution in [3.05, 3.63) is 46.6 Å². The van der Waals surface area contributed by atoms with Gasteiger partial charge in [-0.05, 0) is 66.0 Å². The molecule has 3 rings (SSSR count). The van der Waals surface area contributed by atoms with Crippen LogP contribution in [0.4, 0.5) is 0 Å². The van der Waals surface area contributed by atoms with Crippen LogP contribution in [0.1, 0.15) is 18.9 Å². The number of aromatic nitrogens is 1. The number of nitrogens with zero attached hydrogens (tertiary/aromatic N) is 2. The van der Waals surface area contributed by atoms with Crippen LogP contribution in [-0.2, 0) is 10.0 Å². The fourth-order valence-corrected chi connectivity index (χ4v) is 4.67. The van der Waals surface area contributed by atoms with Crippen LogP contribution in [0.2, 0.25) is 0 Å². The Morgan fingerprint density at radius 3 is 2.77 bits per heavy atom. The van der Waals surface area contributed by atoms with E-state index in [4.69, 9.17) is 9.47 Å². The lowest BCUT2D eigenvalue weighted by Crippen LogP contribution is -2.31. The number of aryl methyl sites for hydroxylation is 1. The van der Waals surface area contributed by atoms with Gasteiger partial charge in [-0.25, -0.2) is 13.4 Å². The Hall–Kier alpha value is -1.64. The van der Waals surface area contributed by atoms with Crippen LogP contribution in [-0.4, -0.2) is 43.5 Å². The van der Waals surface area contributed by atoms with E-state index in [9.17, 15) is 8.42 Å². The smallest absolute Gasteiger partial charge is 0.243 e. The van der Waals surface area contributed by atoms with Gasteiger partial charge in [0.1, 0.15) is 11.9 Å². The van der Waals surface area contributed by atoms with Crippen LogP contribution >= 0.6 is 15.9 Å². The Balaban J connectivity index is 1.70. The third-order valence-electron chi connectivity index (χ3n) is 4.18. The molecule has 1 fully saturated rings. The number of rotatable bonds is 6. The highest BCUT2D eigenvalue weighted by Crippen LogP contribution is 2.27. The lowest BCUT2D eigenvalue weighted by Gasteiger charge is -2.18. The maximum absolute atomic E-state index is 12.9. The third kappa shape index (κ3) is 4.19. The number of pyridine rings is 1. The summed E-state index contributed by atoms with van der Waals surface area (Å²) in [5, 5.41) is 0. The molecule has 140 valence electrons. The van der Waals surface area contributed by atoms with Gasteiger partial charge in [0, 0.05) is 23.3 Å². The molecule has 1 unspecified atom stereocenters. The van der Waals surface area contributed by atoms with Gasteiger partial charge in [-0.15, -0.1) is 0 Å². The Morgan fingerprint density at radius 1 is 1.31 bits per heavy atom. The van der Waals surface area contributed by atoms with Gasteiger partial charge in [-0.1, -0.05) is 0 Å². The van der Waals surface area contributed by atoms with Gasteiger partial charge in [0.25, 0.3) is 0 Å². The first-order valence-electron chi connectivity index (χ1n) is 8.42. The summed E-state index contributed by atoms with van der Waals surface area (Å²) < 4.78 is 39.4. The quantitative estimate of drug-likeness (QED) is 0.688. The number of hydrogen-bond donors (Lipinski definition) is 0. The van der Waals surface area contributed by atoms with Gasteiger partial charge in [0.05, 0.1) is 18.0 Å². The zero-order valence-electron chi connectivity index (χ0n) is 14.7. The number of ether oxygens (including phenoxy) is 2. The minimum Gasteiger partial charge on any atom is -0.494 e.